The summed E-state index contributed by atoms with van der Waals surface area (Å²) in [4.78, 5) is 15.5. The highest BCUT2D eigenvalue weighted by molar-refractivity contribution is 5.95. The standard InChI is InChI=1S/C15H17N3O3/c1-9-6-17-15(21-9)10(2)16-7-11-3-4-13-12(5-11)18-14(19)8-20-13/h3-6,10,16H,7-8H2,1-2H3,(H,18,19). The van der Waals surface area contributed by atoms with Crippen molar-refractivity contribution in [3.63, 3.8) is 0 Å². The Kier molecular flexibility index (Phi) is 3.62. The van der Waals surface area contributed by atoms with Crippen molar-refractivity contribution >= 4 is 11.6 Å². The number of amides is 1. The predicted molar refractivity (Wildman–Crippen MR) is 77.1 cm³/mol. The summed E-state index contributed by atoms with van der Waals surface area (Å²) < 4.78 is 10.8. The highest BCUT2D eigenvalue weighted by Crippen LogP contribution is 2.28. The van der Waals surface area contributed by atoms with Gasteiger partial charge >= 0.3 is 0 Å². The van der Waals surface area contributed by atoms with Crippen LogP contribution < -0.4 is 15.4 Å². The quantitative estimate of drug-likeness (QED) is 0.901. The Morgan fingerprint density at radius 3 is 3.10 bits per heavy atom. The first-order valence-electron chi connectivity index (χ1n) is 6.83. The summed E-state index contributed by atoms with van der Waals surface area (Å²) in [6.07, 6.45) is 1.71. The number of nitrogens with one attached hydrogen (secondary N) is 2. The number of fused-ring (bicyclic) bond motifs is 1. The van der Waals surface area contributed by atoms with Crippen LogP contribution in [0.3, 0.4) is 0 Å². The van der Waals surface area contributed by atoms with Crippen molar-refractivity contribution in [3.8, 4) is 5.75 Å². The molecule has 110 valence electrons. The molecule has 21 heavy (non-hydrogen) atoms. The van der Waals surface area contributed by atoms with Gasteiger partial charge in [0.15, 0.2) is 6.61 Å². The summed E-state index contributed by atoms with van der Waals surface area (Å²) in [6.45, 7) is 4.58. The van der Waals surface area contributed by atoms with Crippen LogP contribution in [0, 0.1) is 6.92 Å². The van der Waals surface area contributed by atoms with Crippen LogP contribution in [0.15, 0.2) is 28.8 Å². The second-order valence-corrected chi connectivity index (χ2v) is 5.08. The molecule has 1 atom stereocenters. The van der Waals surface area contributed by atoms with Gasteiger partial charge in [-0.15, -0.1) is 0 Å². The average molecular weight is 287 g/mol. The molecule has 0 radical (unpaired) electrons. The molecule has 1 amide bonds. The van der Waals surface area contributed by atoms with E-state index in [4.69, 9.17) is 9.15 Å². The molecule has 2 aromatic rings. The van der Waals surface area contributed by atoms with Gasteiger partial charge in [0.1, 0.15) is 11.5 Å². The molecule has 1 aromatic heterocycles. The van der Waals surface area contributed by atoms with E-state index >= 15 is 0 Å². The van der Waals surface area contributed by atoms with E-state index in [0.29, 0.717) is 23.9 Å². The third-order valence-electron chi connectivity index (χ3n) is 3.30. The summed E-state index contributed by atoms with van der Waals surface area (Å²) in [6, 6.07) is 5.76. The minimum Gasteiger partial charge on any atom is -0.482 e. The average Bonchev–Trinajstić information content (AvgIpc) is 2.91. The molecule has 0 fully saturated rings. The summed E-state index contributed by atoms with van der Waals surface area (Å²) in [7, 11) is 0. The molecule has 0 spiro atoms. The Balaban J connectivity index is 1.65. The van der Waals surface area contributed by atoms with Crippen LogP contribution in [-0.2, 0) is 11.3 Å². The van der Waals surface area contributed by atoms with Crippen LogP contribution in [0.25, 0.3) is 0 Å². The molecule has 1 aliphatic rings. The van der Waals surface area contributed by atoms with Crippen molar-refractivity contribution in [3.05, 3.63) is 41.6 Å². The number of carbonyl (C=O) groups excluding carboxylic acids is 1. The molecule has 2 heterocycles. The van der Waals surface area contributed by atoms with E-state index in [-0.39, 0.29) is 18.6 Å². The molecule has 6 heteroatoms. The number of hydrogen-bond acceptors (Lipinski definition) is 5. The van der Waals surface area contributed by atoms with Gasteiger partial charge in [-0.1, -0.05) is 6.07 Å². The Bertz CT molecular complexity index is 666. The zero-order chi connectivity index (χ0) is 14.8. The maximum atomic E-state index is 11.3. The molecule has 1 aliphatic heterocycles. The summed E-state index contributed by atoms with van der Waals surface area (Å²) in [5, 5.41) is 6.14. The lowest BCUT2D eigenvalue weighted by Gasteiger charge is -2.19. The molecule has 0 saturated carbocycles. The van der Waals surface area contributed by atoms with E-state index in [0.717, 1.165) is 11.3 Å². The number of hydrogen-bond donors (Lipinski definition) is 2. The molecule has 6 nitrogen and oxygen atoms in total. The lowest BCUT2D eigenvalue weighted by Crippen LogP contribution is -2.25. The number of carbonyl (C=O) groups is 1. The first kappa shape index (κ1) is 13.6. The molecule has 0 aliphatic carbocycles. The second kappa shape index (κ2) is 5.57. The van der Waals surface area contributed by atoms with Crippen molar-refractivity contribution in [2.75, 3.05) is 11.9 Å². The lowest BCUT2D eigenvalue weighted by molar-refractivity contribution is -0.118. The smallest absolute Gasteiger partial charge is 0.262 e. The van der Waals surface area contributed by atoms with Gasteiger partial charge in [0, 0.05) is 6.54 Å². The largest absolute Gasteiger partial charge is 0.482 e. The Labute approximate surface area is 122 Å². The number of benzene rings is 1. The summed E-state index contributed by atoms with van der Waals surface area (Å²) >= 11 is 0. The summed E-state index contributed by atoms with van der Waals surface area (Å²) in [5.74, 6) is 2.04. The predicted octanol–water partition coefficient (Wildman–Crippen LogP) is 2.16. The zero-order valence-corrected chi connectivity index (χ0v) is 12.0. The van der Waals surface area contributed by atoms with Crippen LogP contribution in [0.2, 0.25) is 0 Å². The zero-order valence-electron chi connectivity index (χ0n) is 12.0. The number of nitrogens with zero attached hydrogens (tertiary/aromatic N) is 1. The van der Waals surface area contributed by atoms with Gasteiger partial charge in [-0.05, 0) is 31.5 Å². The number of ether oxygens (including phenoxy) is 1. The van der Waals surface area contributed by atoms with Gasteiger partial charge in [-0.3, -0.25) is 4.79 Å². The lowest BCUT2D eigenvalue weighted by atomic mass is 10.1. The topological polar surface area (TPSA) is 76.4 Å². The number of aryl methyl sites for hydroxylation is 1. The number of anilines is 1. The minimum atomic E-state index is -0.128. The van der Waals surface area contributed by atoms with Crippen molar-refractivity contribution in [1.82, 2.24) is 10.3 Å². The first-order chi connectivity index (χ1) is 10.1. The Hall–Kier alpha value is -2.34. The van der Waals surface area contributed by atoms with Crippen LogP contribution >= 0.6 is 0 Å². The fourth-order valence-electron chi connectivity index (χ4n) is 2.17. The maximum Gasteiger partial charge on any atom is 0.262 e. The summed E-state index contributed by atoms with van der Waals surface area (Å²) in [5.41, 5.74) is 1.76. The van der Waals surface area contributed by atoms with Gasteiger partial charge in [-0.2, -0.15) is 0 Å². The third-order valence-corrected chi connectivity index (χ3v) is 3.30. The first-order valence-corrected chi connectivity index (χ1v) is 6.83. The molecule has 0 bridgehead atoms. The Morgan fingerprint density at radius 1 is 1.48 bits per heavy atom. The molecular formula is C15H17N3O3. The number of oxazole rings is 1. The Morgan fingerprint density at radius 2 is 2.33 bits per heavy atom. The van der Waals surface area contributed by atoms with E-state index in [2.05, 4.69) is 15.6 Å². The third kappa shape index (κ3) is 3.05. The van der Waals surface area contributed by atoms with Crippen molar-refractivity contribution in [2.45, 2.75) is 26.4 Å². The fourth-order valence-corrected chi connectivity index (χ4v) is 2.17. The molecular weight excluding hydrogens is 270 g/mol. The van der Waals surface area contributed by atoms with Crippen LogP contribution in [0.5, 0.6) is 5.75 Å². The van der Waals surface area contributed by atoms with E-state index in [9.17, 15) is 4.79 Å². The van der Waals surface area contributed by atoms with E-state index in [1.807, 2.05) is 32.0 Å². The van der Waals surface area contributed by atoms with Gasteiger partial charge in [-0.25, -0.2) is 4.98 Å². The second-order valence-electron chi connectivity index (χ2n) is 5.08. The molecule has 3 rings (SSSR count). The minimum absolute atomic E-state index is 0.0144. The van der Waals surface area contributed by atoms with Crippen molar-refractivity contribution in [1.29, 1.82) is 0 Å². The monoisotopic (exact) mass is 287 g/mol. The van der Waals surface area contributed by atoms with Gasteiger partial charge in [0.2, 0.25) is 5.89 Å². The van der Waals surface area contributed by atoms with Crippen LogP contribution in [-0.4, -0.2) is 17.5 Å². The molecule has 1 aromatic carbocycles. The normalized spacial score (nSPS) is 15.0. The number of aromatic nitrogens is 1. The highest BCUT2D eigenvalue weighted by Gasteiger charge is 2.16. The fraction of sp³-hybridized carbons (Fsp3) is 0.333. The van der Waals surface area contributed by atoms with Crippen molar-refractivity contribution < 1.29 is 13.9 Å². The van der Waals surface area contributed by atoms with Gasteiger partial charge in [0.05, 0.1) is 17.9 Å². The van der Waals surface area contributed by atoms with E-state index in [1.54, 1.807) is 6.20 Å². The maximum absolute atomic E-state index is 11.3. The SMILES string of the molecule is Cc1cnc(C(C)NCc2ccc3c(c2)NC(=O)CO3)o1. The highest BCUT2D eigenvalue weighted by atomic mass is 16.5. The number of rotatable bonds is 4. The van der Waals surface area contributed by atoms with Crippen LogP contribution in [0.4, 0.5) is 5.69 Å². The molecule has 0 saturated heterocycles. The van der Waals surface area contributed by atoms with Gasteiger partial charge in [0.25, 0.3) is 5.91 Å². The van der Waals surface area contributed by atoms with Crippen LogP contribution in [0.1, 0.15) is 30.2 Å². The molecule has 2 N–H and O–H groups in total. The van der Waals surface area contributed by atoms with Gasteiger partial charge < -0.3 is 19.8 Å². The van der Waals surface area contributed by atoms with E-state index in [1.165, 1.54) is 0 Å². The van der Waals surface area contributed by atoms with E-state index < -0.39 is 0 Å². The molecule has 1 unspecified atom stereocenters. The van der Waals surface area contributed by atoms with Crippen molar-refractivity contribution in [2.24, 2.45) is 0 Å².